The molecule has 1 aromatic carbocycles. The number of nitro groups is 1. The van der Waals surface area contributed by atoms with Gasteiger partial charge in [0.2, 0.25) is 5.88 Å². The van der Waals surface area contributed by atoms with Crippen molar-refractivity contribution in [3.8, 4) is 18.2 Å². The number of hydrogen-bond donors (Lipinski definition) is 1. The number of ether oxygens (including phenoxy) is 1. The van der Waals surface area contributed by atoms with E-state index in [1.807, 2.05) is 0 Å². The van der Waals surface area contributed by atoms with Gasteiger partial charge in [-0.05, 0) is 18.9 Å². The average molecular weight is 275 g/mol. The Morgan fingerprint density at radius 1 is 1.53 bits per heavy atom. The van der Waals surface area contributed by atoms with Gasteiger partial charge in [0, 0.05) is 23.9 Å². The lowest BCUT2D eigenvalue weighted by molar-refractivity contribution is -0.385. The van der Waals surface area contributed by atoms with E-state index in [2.05, 4.69) is 23.8 Å². The van der Waals surface area contributed by atoms with Gasteiger partial charge in [-0.1, -0.05) is 12.0 Å². The fourth-order valence-corrected chi connectivity index (χ4v) is 1.71. The Labute approximate surface area is 114 Å². The maximum Gasteiger partial charge on any atom is 0.277 e. The van der Waals surface area contributed by atoms with Crippen molar-refractivity contribution in [2.45, 2.75) is 6.61 Å². The lowest BCUT2D eigenvalue weighted by Gasteiger charge is -2.06. The van der Waals surface area contributed by atoms with Crippen LogP contribution in [-0.4, -0.2) is 14.1 Å². The highest BCUT2D eigenvalue weighted by Crippen LogP contribution is 2.23. The summed E-state index contributed by atoms with van der Waals surface area (Å²) in [6.07, 6.45) is 6.92. The second-order valence-electron chi connectivity index (χ2n) is 3.57. The number of thiol groups is 1. The number of terminal acetylenes is 1. The largest absolute Gasteiger partial charge is 0.471 e. The van der Waals surface area contributed by atoms with Crippen molar-refractivity contribution in [2.24, 2.45) is 0 Å². The van der Waals surface area contributed by atoms with Crippen LogP contribution in [0.25, 0.3) is 0 Å². The van der Waals surface area contributed by atoms with Crippen LogP contribution in [0.4, 0.5) is 5.69 Å². The molecule has 1 aromatic heterocycles. The minimum atomic E-state index is -0.489. The van der Waals surface area contributed by atoms with Crippen LogP contribution in [0.1, 0.15) is 11.1 Å². The standard InChI is InChI=1S/C12H9N3O3S/c1-2-9-4-3-5-11(15(16)17)10(9)8-18-12-6-7-14(19)13-12/h1,3-7,19H,8H2. The summed E-state index contributed by atoms with van der Waals surface area (Å²) in [6.45, 7) is -0.0263. The first-order valence-corrected chi connectivity index (χ1v) is 5.62. The predicted molar refractivity (Wildman–Crippen MR) is 72.0 cm³/mol. The van der Waals surface area contributed by atoms with Gasteiger partial charge in [0.15, 0.2) is 0 Å². The predicted octanol–water partition coefficient (Wildman–Crippen LogP) is 2.04. The normalized spacial score (nSPS) is 9.89. The summed E-state index contributed by atoms with van der Waals surface area (Å²) in [4.78, 5) is 10.5. The summed E-state index contributed by atoms with van der Waals surface area (Å²) in [5.41, 5.74) is 0.712. The zero-order valence-corrected chi connectivity index (χ0v) is 10.6. The van der Waals surface area contributed by atoms with Gasteiger partial charge in [-0.3, -0.25) is 10.1 Å². The van der Waals surface area contributed by atoms with E-state index in [-0.39, 0.29) is 12.3 Å². The zero-order chi connectivity index (χ0) is 13.8. The van der Waals surface area contributed by atoms with Crippen molar-refractivity contribution in [3.63, 3.8) is 0 Å². The van der Waals surface area contributed by atoms with Crippen LogP contribution in [-0.2, 0) is 6.61 Å². The van der Waals surface area contributed by atoms with Crippen molar-refractivity contribution in [2.75, 3.05) is 0 Å². The first-order chi connectivity index (χ1) is 9.11. The molecule has 96 valence electrons. The van der Waals surface area contributed by atoms with E-state index in [0.29, 0.717) is 17.0 Å². The number of aromatic nitrogens is 2. The van der Waals surface area contributed by atoms with Crippen LogP contribution in [0.3, 0.4) is 0 Å². The maximum atomic E-state index is 11.0. The molecule has 0 spiro atoms. The van der Waals surface area contributed by atoms with Gasteiger partial charge >= 0.3 is 0 Å². The van der Waals surface area contributed by atoms with Crippen molar-refractivity contribution >= 4 is 18.5 Å². The van der Waals surface area contributed by atoms with E-state index in [9.17, 15) is 10.1 Å². The van der Waals surface area contributed by atoms with Gasteiger partial charge < -0.3 is 4.74 Å². The Bertz CT molecular complexity index is 660. The molecule has 0 atom stereocenters. The molecule has 6 nitrogen and oxygen atoms in total. The van der Waals surface area contributed by atoms with Gasteiger partial charge in [-0.25, -0.2) is 4.09 Å². The molecule has 7 heteroatoms. The summed E-state index contributed by atoms with van der Waals surface area (Å²) >= 11 is 3.96. The molecule has 19 heavy (non-hydrogen) atoms. The average Bonchev–Trinajstić information content (AvgIpc) is 2.81. The molecule has 1 heterocycles. The topological polar surface area (TPSA) is 70.2 Å². The highest BCUT2D eigenvalue weighted by molar-refractivity contribution is 7.78. The molecule has 0 aliphatic carbocycles. The Morgan fingerprint density at radius 2 is 2.32 bits per heavy atom. The molecule has 0 fully saturated rings. The summed E-state index contributed by atoms with van der Waals surface area (Å²) in [5, 5.41) is 14.8. The van der Waals surface area contributed by atoms with E-state index < -0.39 is 4.92 Å². The quantitative estimate of drug-likeness (QED) is 0.401. The van der Waals surface area contributed by atoms with E-state index in [1.165, 1.54) is 10.2 Å². The molecule has 0 aliphatic rings. The fourth-order valence-electron chi connectivity index (χ4n) is 1.55. The third-order valence-corrected chi connectivity index (χ3v) is 2.64. The monoisotopic (exact) mass is 275 g/mol. The lowest BCUT2D eigenvalue weighted by atomic mass is 10.1. The number of rotatable bonds is 4. The van der Waals surface area contributed by atoms with E-state index >= 15 is 0 Å². The lowest BCUT2D eigenvalue weighted by Crippen LogP contribution is -2.03. The minimum absolute atomic E-state index is 0.0263. The van der Waals surface area contributed by atoms with Crippen LogP contribution in [0, 0.1) is 22.5 Å². The first kappa shape index (κ1) is 13.0. The van der Waals surface area contributed by atoms with Crippen molar-refractivity contribution in [3.05, 3.63) is 51.7 Å². The fraction of sp³-hybridized carbons (Fsp3) is 0.0833. The number of nitrogens with zero attached hydrogens (tertiary/aromatic N) is 3. The van der Waals surface area contributed by atoms with Gasteiger partial charge in [-0.15, -0.1) is 11.5 Å². The second-order valence-corrected chi connectivity index (χ2v) is 3.98. The van der Waals surface area contributed by atoms with Gasteiger partial charge in [0.25, 0.3) is 5.69 Å². The Kier molecular flexibility index (Phi) is 3.73. The van der Waals surface area contributed by atoms with Crippen molar-refractivity contribution < 1.29 is 9.66 Å². The van der Waals surface area contributed by atoms with Crippen LogP contribution in [0.15, 0.2) is 30.5 Å². The molecule has 0 radical (unpaired) electrons. The summed E-state index contributed by atoms with van der Waals surface area (Å²) in [7, 11) is 0. The van der Waals surface area contributed by atoms with E-state index in [0.717, 1.165) is 0 Å². The minimum Gasteiger partial charge on any atom is -0.471 e. The Hall–Kier alpha value is -2.46. The molecule has 2 rings (SSSR count). The summed E-state index contributed by atoms with van der Waals surface area (Å²) in [6, 6.07) is 6.15. The van der Waals surface area contributed by atoms with Crippen LogP contribution >= 0.6 is 12.8 Å². The molecule has 0 unspecified atom stereocenters. The molecular weight excluding hydrogens is 266 g/mol. The molecule has 0 bridgehead atoms. The second kappa shape index (κ2) is 5.46. The molecule has 0 N–H and O–H groups in total. The van der Waals surface area contributed by atoms with E-state index in [1.54, 1.807) is 24.4 Å². The highest BCUT2D eigenvalue weighted by Gasteiger charge is 2.17. The zero-order valence-electron chi connectivity index (χ0n) is 9.68. The van der Waals surface area contributed by atoms with Crippen LogP contribution < -0.4 is 4.74 Å². The van der Waals surface area contributed by atoms with Gasteiger partial charge in [0.1, 0.15) is 6.61 Å². The molecule has 0 saturated carbocycles. The van der Waals surface area contributed by atoms with Crippen LogP contribution in [0.5, 0.6) is 5.88 Å². The summed E-state index contributed by atoms with van der Waals surface area (Å²) < 4.78 is 6.64. The number of hydrogen-bond acceptors (Lipinski definition) is 5. The SMILES string of the molecule is C#Cc1cccc([N+](=O)[O-])c1COc1ccn(S)n1. The molecular formula is C12H9N3O3S. The Balaban J connectivity index is 2.28. The third-order valence-electron chi connectivity index (χ3n) is 2.42. The highest BCUT2D eigenvalue weighted by atomic mass is 32.1. The van der Waals surface area contributed by atoms with Gasteiger partial charge in [0.05, 0.1) is 10.5 Å². The Morgan fingerprint density at radius 3 is 2.89 bits per heavy atom. The van der Waals surface area contributed by atoms with E-state index in [4.69, 9.17) is 11.2 Å². The maximum absolute atomic E-state index is 11.0. The van der Waals surface area contributed by atoms with Crippen molar-refractivity contribution in [1.29, 1.82) is 0 Å². The smallest absolute Gasteiger partial charge is 0.277 e. The molecule has 0 amide bonds. The van der Waals surface area contributed by atoms with Gasteiger partial charge in [-0.2, -0.15) is 0 Å². The number of benzene rings is 1. The van der Waals surface area contributed by atoms with Crippen LogP contribution in [0.2, 0.25) is 0 Å². The first-order valence-electron chi connectivity index (χ1n) is 5.22. The molecule has 2 aromatic rings. The third kappa shape index (κ3) is 2.86. The number of nitro benzene ring substituents is 1. The molecule has 0 saturated heterocycles. The molecule has 0 aliphatic heterocycles. The summed E-state index contributed by atoms with van der Waals surface area (Å²) in [5.74, 6) is 2.72. The van der Waals surface area contributed by atoms with Crippen molar-refractivity contribution in [1.82, 2.24) is 9.19 Å².